The van der Waals surface area contributed by atoms with Gasteiger partial charge in [-0.2, -0.15) is 4.31 Å². The number of sulfonamides is 1. The normalized spacial score (nSPS) is 19.0. The number of rotatable bonds is 10. The number of hydrogen-bond donors (Lipinski definition) is 4. The fraction of sp³-hybridized carbons (Fsp3) is 0.348. The molecule has 3 rings (SSSR count). The smallest absolute Gasteiger partial charge is 0.328 e. The molecule has 0 aliphatic carbocycles. The SMILES string of the molecule is CCC1SCC(C(=O)NC(CNC(=O)NCc2ccccc2)C(=O)O)N1S(=O)(=O)c1ccccc1. The number of carbonyl (C=O) groups is 3. The van der Waals surface area contributed by atoms with Crippen LogP contribution in [0.5, 0.6) is 0 Å². The standard InChI is InChI=1S/C23H28N4O6S2/c1-2-20-27(35(32,33)17-11-7-4-8-12-17)19(15-34-20)21(28)26-18(22(29)30)14-25-23(31)24-13-16-9-5-3-6-10-16/h3-12,18-20H,2,13-15H2,1H3,(H,26,28)(H,29,30)(H2,24,25,31). The van der Waals surface area contributed by atoms with Gasteiger partial charge in [-0.3, -0.25) is 4.79 Å². The molecule has 188 valence electrons. The van der Waals surface area contributed by atoms with E-state index < -0.39 is 45.4 Å². The van der Waals surface area contributed by atoms with Crippen molar-refractivity contribution in [1.82, 2.24) is 20.3 Å². The lowest BCUT2D eigenvalue weighted by Gasteiger charge is -2.28. The van der Waals surface area contributed by atoms with E-state index in [0.717, 1.165) is 9.87 Å². The summed E-state index contributed by atoms with van der Waals surface area (Å²) in [4.78, 5) is 36.9. The van der Waals surface area contributed by atoms with Crippen molar-refractivity contribution >= 4 is 39.7 Å². The summed E-state index contributed by atoms with van der Waals surface area (Å²) in [5.74, 6) is -1.89. The van der Waals surface area contributed by atoms with Crippen LogP contribution in [0.3, 0.4) is 0 Å². The minimum absolute atomic E-state index is 0.0605. The van der Waals surface area contributed by atoms with Gasteiger partial charge in [0.05, 0.1) is 16.8 Å². The highest BCUT2D eigenvalue weighted by atomic mass is 32.2. The van der Waals surface area contributed by atoms with E-state index in [9.17, 15) is 27.9 Å². The summed E-state index contributed by atoms with van der Waals surface area (Å²) in [6.45, 7) is 1.70. The summed E-state index contributed by atoms with van der Waals surface area (Å²) in [5, 5.41) is 16.5. The van der Waals surface area contributed by atoms with Crippen LogP contribution in [0.1, 0.15) is 18.9 Å². The van der Waals surface area contributed by atoms with Crippen molar-refractivity contribution in [2.75, 3.05) is 12.3 Å². The quantitative estimate of drug-likeness (QED) is 0.372. The van der Waals surface area contributed by atoms with E-state index in [1.165, 1.54) is 23.9 Å². The van der Waals surface area contributed by atoms with Gasteiger partial charge < -0.3 is 21.1 Å². The Bertz CT molecular complexity index is 1130. The van der Waals surface area contributed by atoms with Gasteiger partial charge in [0, 0.05) is 12.3 Å². The number of aliphatic carboxylic acids is 1. The first-order valence-corrected chi connectivity index (χ1v) is 13.5. The number of thioether (sulfide) groups is 1. The highest BCUT2D eigenvalue weighted by molar-refractivity contribution is 8.01. The number of benzene rings is 2. The van der Waals surface area contributed by atoms with Crippen LogP contribution in [0.4, 0.5) is 4.79 Å². The summed E-state index contributed by atoms with van der Waals surface area (Å²) in [6.07, 6.45) is 0.478. The van der Waals surface area contributed by atoms with Crippen LogP contribution >= 0.6 is 11.8 Å². The van der Waals surface area contributed by atoms with Crippen LogP contribution in [-0.4, -0.2) is 65.5 Å². The highest BCUT2D eigenvalue weighted by Gasteiger charge is 2.46. The monoisotopic (exact) mass is 520 g/mol. The number of hydrogen-bond acceptors (Lipinski definition) is 6. The minimum atomic E-state index is -3.99. The average molecular weight is 521 g/mol. The molecule has 1 aliphatic heterocycles. The molecule has 1 heterocycles. The molecule has 0 radical (unpaired) electrons. The molecule has 0 spiro atoms. The van der Waals surface area contributed by atoms with Crippen molar-refractivity contribution in [3.8, 4) is 0 Å². The zero-order valence-corrected chi connectivity index (χ0v) is 20.7. The first-order chi connectivity index (χ1) is 16.7. The van der Waals surface area contributed by atoms with Gasteiger partial charge in [-0.15, -0.1) is 11.8 Å². The van der Waals surface area contributed by atoms with Gasteiger partial charge in [0.25, 0.3) is 0 Å². The molecule has 1 aliphatic rings. The maximum Gasteiger partial charge on any atom is 0.328 e. The Hall–Kier alpha value is -3.09. The molecule has 0 bridgehead atoms. The second-order valence-electron chi connectivity index (χ2n) is 7.81. The van der Waals surface area contributed by atoms with Crippen molar-refractivity contribution in [3.05, 3.63) is 66.2 Å². The Balaban J connectivity index is 1.64. The second kappa shape index (κ2) is 12.0. The number of carboxylic acids is 1. The van der Waals surface area contributed by atoms with Crippen LogP contribution in [-0.2, 0) is 26.2 Å². The summed E-state index contributed by atoms with van der Waals surface area (Å²) in [7, 11) is -3.99. The van der Waals surface area contributed by atoms with Crippen molar-refractivity contribution in [3.63, 3.8) is 0 Å². The Labute approximate surface area is 208 Å². The average Bonchev–Trinajstić information content (AvgIpc) is 3.31. The van der Waals surface area contributed by atoms with Crippen molar-refractivity contribution < 1.29 is 27.9 Å². The Morgan fingerprint density at radius 3 is 2.29 bits per heavy atom. The van der Waals surface area contributed by atoms with E-state index in [2.05, 4.69) is 16.0 Å². The van der Waals surface area contributed by atoms with Crippen molar-refractivity contribution in [2.45, 2.75) is 42.2 Å². The van der Waals surface area contributed by atoms with E-state index in [4.69, 9.17) is 0 Å². The first kappa shape index (κ1) is 26.5. The van der Waals surface area contributed by atoms with Crippen LogP contribution in [0.2, 0.25) is 0 Å². The van der Waals surface area contributed by atoms with Gasteiger partial charge >= 0.3 is 12.0 Å². The van der Waals surface area contributed by atoms with Gasteiger partial charge in [-0.05, 0) is 24.1 Å². The molecule has 10 nitrogen and oxygen atoms in total. The molecule has 4 N–H and O–H groups in total. The number of carboxylic acid groups (broad SMARTS) is 1. The molecular formula is C23H28N4O6S2. The lowest BCUT2D eigenvalue weighted by atomic mass is 10.2. The molecular weight excluding hydrogens is 492 g/mol. The van der Waals surface area contributed by atoms with Crippen LogP contribution in [0.15, 0.2) is 65.6 Å². The van der Waals surface area contributed by atoms with Crippen molar-refractivity contribution in [1.29, 1.82) is 0 Å². The maximum atomic E-state index is 13.3. The minimum Gasteiger partial charge on any atom is -0.480 e. The number of urea groups is 1. The lowest BCUT2D eigenvalue weighted by molar-refractivity contribution is -0.142. The largest absolute Gasteiger partial charge is 0.480 e. The summed E-state index contributed by atoms with van der Waals surface area (Å²) in [5.41, 5.74) is 0.870. The molecule has 2 aromatic carbocycles. The van der Waals surface area contributed by atoms with E-state index in [0.29, 0.717) is 6.42 Å². The third-order valence-corrected chi connectivity index (χ3v) is 8.90. The van der Waals surface area contributed by atoms with Crippen molar-refractivity contribution in [2.24, 2.45) is 0 Å². The molecule has 12 heteroatoms. The number of nitrogens with zero attached hydrogens (tertiary/aromatic N) is 1. The van der Waals surface area contributed by atoms with Gasteiger partial charge in [-0.25, -0.2) is 18.0 Å². The summed E-state index contributed by atoms with van der Waals surface area (Å²) < 4.78 is 27.7. The zero-order valence-electron chi connectivity index (χ0n) is 19.1. The van der Waals surface area contributed by atoms with E-state index >= 15 is 0 Å². The van der Waals surface area contributed by atoms with Gasteiger partial charge in [0.1, 0.15) is 12.1 Å². The number of amides is 3. The fourth-order valence-electron chi connectivity index (χ4n) is 3.58. The molecule has 1 fully saturated rings. The second-order valence-corrected chi connectivity index (χ2v) is 10.9. The fourth-order valence-corrected chi connectivity index (χ4v) is 7.15. The third-order valence-electron chi connectivity index (χ3n) is 5.39. The zero-order chi connectivity index (χ0) is 25.4. The summed E-state index contributed by atoms with van der Waals surface area (Å²) in [6, 6.07) is 13.9. The van der Waals surface area contributed by atoms with E-state index in [-0.39, 0.29) is 23.7 Å². The highest BCUT2D eigenvalue weighted by Crippen LogP contribution is 2.36. The predicted octanol–water partition coefficient (Wildman–Crippen LogP) is 1.60. The topological polar surface area (TPSA) is 145 Å². The molecule has 3 atom stereocenters. The molecule has 0 saturated carbocycles. The third kappa shape index (κ3) is 6.74. The molecule has 3 amide bonds. The van der Waals surface area contributed by atoms with Crippen LogP contribution in [0, 0.1) is 0 Å². The first-order valence-electron chi connectivity index (χ1n) is 11.0. The molecule has 0 aromatic heterocycles. The lowest BCUT2D eigenvalue weighted by Crippen LogP contribution is -2.56. The van der Waals surface area contributed by atoms with E-state index in [1.807, 2.05) is 37.3 Å². The maximum absolute atomic E-state index is 13.3. The van der Waals surface area contributed by atoms with Crippen LogP contribution in [0.25, 0.3) is 0 Å². The molecule has 2 aromatic rings. The van der Waals surface area contributed by atoms with E-state index in [1.54, 1.807) is 18.2 Å². The molecule has 35 heavy (non-hydrogen) atoms. The summed E-state index contributed by atoms with van der Waals surface area (Å²) >= 11 is 1.33. The predicted molar refractivity (Wildman–Crippen MR) is 132 cm³/mol. The molecule has 1 saturated heterocycles. The van der Waals surface area contributed by atoms with Gasteiger partial charge in [0.2, 0.25) is 15.9 Å². The number of carbonyl (C=O) groups excluding carboxylic acids is 2. The Kier molecular flexibility index (Phi) is 9.13. The Morgan fingerprint density at radius 1 is 1.06 bits per heavy atom. The Morgan fingerprint density at radius 2 is 1.69 bits per heavy atom. The molecule has 3 unspecified atom stereocenters. The van der Waals surface area contributed by atoms with Gasteiger partial charge in [0.15, 0.2) is 0 Å². The number of nitrogens with one attached hydrogen (secondary N) is 3. The van der Waals surface area contributed by atoms with Crippen LogP contribution < -0.4 is 16.0 Å². The van der Waals surface area contributed by atoms with Gasteiger partial charge in [-0.1, -0.05) is 55.5 Å².